The van der Waals surface area contributed by atoms with Crippen molar-refractivity contribution in [3.05, 3.63) is 72.1 Å². The summed E-state index contributed by atoms with van der Waals surface area (Å²) in [6.07, 6.45) is 5.66. The van der Waals surface area contributed by atoms with Crippen molar-refractivity contribution in [3.8, 4) is 0 Å². The summed E-state index contributed by atoms with van der Waals surface area (Å²) >= 11 is 0. The Morgan fingerprint density at radius 2 is 1.41 bits per heavy atom. The zero-order valence-corrected chi connectivity index (χ0v) is 52.1. The van der Waals surface area contributed by atoms with Crippen molar-refractivity contribution in [2.75, 3.05) is 18.8 Å². The zero-order chi connectivity index (χ0) is 65.2. The van der Waals surface area contributed by atoms with Gasteiger partial charge in [0.2, 0.25) is 65.5 Å². The lowest BCUT2D eigenvalue weighted by Crippen LogP contribution is -2.61. The summed E-state index contributed by atoms with van der Waals surface area (Å²) in [5.41, 5.74) is 31.0. The van der Waals surface area contributed by atoms with E-state index in [0.717, 1.165) is 46.5 Å². The third kappa shape index (κ3) is 18.2. The predicted octanol–water partition coefficient (Wildman–Crippen LogP) is -0.0983. The highest BCUT2D eigenvalue weighted by Crippen LogP contribution is 2.48. The summed E-state index contributed by atoms with van der Waals surface area (Å²) in [7, 11) is 2.49. The van der Waals surface area contributed by atoms with E-state index in [1.54, 1.807) is 50.5 Å². The number of nitrogens with one attached hydrogen (secondary N) is 8. The average molecular weight is 1280 g/mol. The maximum atomic E-state index is 15.3. The van der Waals surface area contributed by atoms with Gasteiger partial charge in [-0.1, -0.05) is 97.5 Å². The number of hydrogen-bond acceptors (Lipinski definition) is 15. The van der Waals surface area contributed by atoms with Gasteiger partial charge < -0.3 is 75.4 Å². The predicted molar refractivity (Wildman–Crippen MR) is 338 cm³/mol. The number of aliphatic imine (C=N–C) groups is 1. The molecule has 4 aromatic rings. The molecule has 0 radical (unpaired) electrons. The topological polar surface area (TPSA) is 458 Å². The highest BCUT2D eigenvalue weighted by molar-refractivity contribution is 8.77. The number of H-pyrrole nitrogens is 2. The summed E-state index contributed by atoms with van der Waals surface area (Å²) in [6.45, 7) is 3.45. The molecule has 3 aliphatic rings. The largest absolute Gasteiger partial charge is 0.370 e. The number of benzene rings is 2. The van der Waals surface area contributed by atoms with Gasteiger partial charge >= 0.3 is 0 Å². The number of hydrogen-bond donors (Lipinski definition) is 13. The van der Waals surface area contributed by atoms with Crippen LogP contribution in [0.1, 0.15) is 115 Å². The van der Waals surface area contributed by atoms with Gasteiger partial charge in [-0.15, -0.1) is 0 Å². The molecule has 30 heteroatoms. The number of guanidine groups is 1. The standard InChI is InChI=1S/C60H82N16O12S2/c1-3-33(2)50-56(86)70-40(19-20-47(61)78)52(82)72-43(27-48(62)79)53(83)73-44(31-89-90-60(21-9-4-10-22-60)28-49(80)69-42(54(84)74-50)25-34-29-67-38-15-7-5-13-36(34)38)58(88)75-24-12-18-45(75)55(85)71-41(17-11-23-66-59(64)65)57(87)76(32-77)46(51(63)81)26-35-30-68-39-16-8-6-14-37(35)39/h5-8,13-16,29-30,32-33,40-46,50,67-68H,3-4,9-12,17-28,31H2,1-2H3,(H2,61,78)(H2,62,79)(H2,63,81)(H,69,80)(H,70,86)(H,71,85)(H,72,82)(H,73,83)(H,74,84)(H4,64,65,66)/t33-,40?,41-,42+,43-,44-,45-,46-,50-/m0/s1. The Hall–Kier alpha value is -8.67. The molecule has 1 aliphatic carbocycles. The third-order valence-corrected chi connectivity index (χ3v) is 20.1. The number of likely N-dealkylation sites (tertiary alicyclic amines) is 1. The van der Waals surface area contributed by atoms with E-state index in [9.17, 15) is 52.7 Å². The first-order valence-electron chi connectivity index (χ1n) is 30.2. The van der Waals surface area contributed by atoms with Crippen LogP contribution in [0.2, 0.25) is 0 Å². The van der Waals surface area contributed by atoms with Crippen LogP contribution in [-0.4, -0.2) is 169 Å². The number of carbonyl (C=O) groups excluding carboxylic acids is 12. The van der Waals surface area contributed by atoms with E-state index in [0.29, 0.717) is 40.7 Å². The Morgan fingerprint density at radius 3 is 2.04 bits per heavy atom. The minimum absolute atomic E-state index is 0.00321. The van der Waals surface area contributed by atoms with Crippen LogP contribution in [0.5, 0.6) is 0 Å². The van der Waals surface area contributed by atoms with Crippen LogP contribution in [0.4, 0.5) is 0 Å². The summed E-state index contributed by atoms with van der Waals surface area (Å²) in [5, 5.41) is 17.8. The first-order valence-corrected chi connectivity index (χ1v) is 32.5. The van der Waals surface area contributed by atoms with Gasteiger partial charge in [0.1, 0.15) is 48.3 Å². The minimum Gasteiger partial charge on any atom is -0.370 e. The van der Waals surface area contributed by atoms with Crippen molar-refractivity contribution in [1.82, 2.24) is 51.7 Å². The monoisotopic (exact) mass is 1280 g/mol. The molecule has 3 fully saturated rings. The van der Waals surface area contributed by atoms with Gasteiger partial charge in [0, 0.05) is 83.5 Å². The van der Waals surface area contributed by atoms with E-state index < -0.39 is 143 Å². The number of carbonyl (C=O) groups is 12. The van der Waals surface area contributed by atoms with E-state index in [4.69, 9.17) is 28.7 Å². The van der Waals surface area contributed by atoms with Crippen molar-refractivity contribution >= 4 is 121 Å². The lowest BCUT2D eigenvalue weighted by Gasteiger charge is -2.37. The van der Waals surface area contributed by atoms with Crippen LogP contribution in [-0.2, 0) is 70.4 Å². The fourth-order valence-corrected chi connectivity index (χ4v) is 15.1. The number of fused-ring (bicyclic) bond motifs is 2. The van der Waals surface area contributed by atoms with E-state index in [2.05, 4.69) is 46.9 Å². The number of rotatable bonds is 22. The number of aromatic nitrogens is 2. The normalized spacial score (nSPS) is 22.3. The molecule has 0 bridgehead atoms. The molecule has 2 saturated heterocycles. The highest BCUT2D eigenvalue weighted by atomic mass is 33.1. The molecule has 486 valence electrons. The van der Waals surface area contributed by atoms with E-state index >= 15 is 4.79 Å². The summed E-state index contributed by atoms with van der Waals surface area (Å²) in [5.74, 6) is -10.7. The van der Waals surface area contributed by atoms with Crippen LogP contribution in [0.25, 0.3) is 21.8 Å². The van der Waals surface area contributed by atoms with Crippen LogP contribution < -0.4 is 60.6 Å². The van der Waals surface area contributed by atoms with E-state index in [1.165, 1.54) is 15.7 Å². The smallest absolute Gasteiger partial charge is 0.252 e. The molecule has 9 atom stereocenters. The number of primary amides is 3. The first-order chi connectivity index (χ1) is 43.0. The molecule has 28 nitrogen and oxygen atoms in total. The van der Waals surface area contributed by atoms with Crippen LogP contribution in [0.3, 0.4) is 0 Å². The first kappa shape index (κ1) is 68.8. The van der Waals surface area contributed by atoms with Crippen molar-refractivity contribution in [2.45, 2.75) is 170 Å². The molecule has 18 N–H and O–H groups in total. The molecule has 90 heavy (non-hydrogen) atoms. The average Bonchev–Trinajstić information content (AvgIpc) is 1.91. The molecular formula is C60H82N16O12S2. The van der Waals surface area contributed by atoms with Gasteiger partial charge in [-0.25, -0.2) is 0 Å². The van der Waals surface area contributed by atoms with E-state index in [1.807, 2.05) is 24.3 Å². The van der Waals surface area contributed by atoms with Gasteiger partial charge in [0.15, 0.2) is 5.96 Å². The van der Waals surface area contributed by atoms with Gasteiger partial charge in [-0.3, -0.25) is 67.4 Å². The fraction of sp³-hybridized carbons (Fsp3) is 0.517. The Morgan fingerprint density at radius 1 is 0.778 bits per heavy atom. The lowest BCUT2D eigenvalue weighted by molar-refractivity contribution is -0.148. The molecule has 1 saturated carbocycles. The maximum Gasteiger partial charge on any atom is 0.252 e. The third-order valence-electron chi connectivity index (χ3n) is 16.7. The van der Waals surface area contributed by atoms with Gasteiger partial charge in [0.05, 0.1) is 6.42 Å². The van der Waals surface area contributed by atoms with Crippen molar-refractivity contribution in [1.29, 1.82) is 0 Å². The molecular weight excluding hydrogens is 1200 g/mol. The lowest BCUT2D eigenvalue weighted by atomic mass is 9.85. The van der Waals surface area contributed by atoms with Crippen molar-refractivity contribution < 1.29 is 57.5 Å². The highest BCUT2D eigenvalue weighted by Gasteiger charge is 2.44. The number of aromatic amines is 2. The second kappa shape index (κ2) is 32.2. The zero-order valence-electron chi connectivity index (χ0n) is 50.4. The Bertz CT molecular complexity index is 3330. The molecule has 1 unspecified atom stereocenters. The minimum atomic E-state index is -1.80. The van der Waals surface area contributed by atoms with Gasteiger partial charge in [-0.2, -0.15) is 0 Å². The summed E-state index contributed by atoms with van der Waals surface area (Å²) in [6, 6.07) is 2.83. The Kier molecular flexibility index (Phi) is 24.6. The van der Waals surface area contributed by atoms with Crippen LogP contribution in [0.15, 0.2) is 65.9 Å². The van der Waals surface area contributed by atoms with Crippen LogP contribution >= 0.6 is 21.6 Å². The Labute approximate surface area is 527 Å². The van der Waals surface area contributed by atoms with E-state index in [-0.39, 0.29) is 76.2 Å². The maximum absolute atomic E-state index is 15.3. The number of amides is 12. The number of nitrogens with zero attached hydrogens (tertiary/aromatic N) is 3. The molecule has 12 amide bonds. The molecule has 2 aliphatic heterocycles. The second-order valence-corrected chi connectivity index (χ2v) is 26.0. The molecule has 4 heterocycles. The summed E-state index contributed by atoms with van der Waals surface area (Å²) in [4.78, 5) is 181. The number of para-hydroxylation sites is 2. The summed E-state index contributed by atoms with van der Waals surface area (Å²) < 4.78 is -0.772. The van der Waals surface area contributed by atoms with Gasteiger partial charge in [-0.05, 0) is 74.1 Å². The Balaban J connectivity index is 1.21. The quantitative estimate of drug-likeness (QED) is 0.0161. The van der Waals surface area contributed by atoms with Gasteiger partial charge in [0.25, 0.3) is 5.91 Å². The van der Waals surface area contributed by atoms with Crippen molar-refractivity contribution in [2.24, 2.45) is 39.6 Å². The SMILES string of the molecule is CC[C@H](C)[C@@H]1NC(=O)[C@@H](Cc2c[nH]c3ccccc23)NC(=O)CC2(CCCCC2)SSC[C@@H](C(=O)N2CCC[C@H]2C(=O)N[C@@H](CCCN=C(N)N)C(=O)N(C=O)[C@@H](Cc2c[nH]c3ccccc23)C(N)=O)NC(=O)[C@H](CC(N)=O)NC(=O)C(CCC(N)=O)NC1=O. The molecule has 7 rings (SSSR count). The fourth-order valence-electron chi connectivity index (χ4n) is 11.7. The second-order valence-electron chi connectivity index (χ2n) is 23.2. The molecule has 2 aromatic heterocycles. The molecule has 1 spiro atoms. The van der Waals surface area contributed by atoms with Crippen LogP contribution in [0, 0.1) is 5.92 Å². The number of nitrogens with two attached hydrogens (primary N) is 5. The molecule has 2 aromatic carbocycles. The van der Waals surface area contributed by atoms with Crippen molar-refractivity contribution in [3.63, 3.8) is 0 Å². The number of imide groups is 1.